The molecule has 0 radical (unpaired) electrons. The number of benzene rings is 2. The molecular weight excluding hydrogens is 467 g/mol. The minimum atomic E-state index is -3.68. The van der Waals surface area contributed by atoms with Crippen LogP contribution in [-0.2, 0) is 36.5 Å². The third-order valence-electron chi connectivity index (χ3n) is 4.55. The van der Waals surface area contributed by atoms with E-state index in [0.29, 0.717) is 16.1 Å². The lowest BCUT2D eigenvalue weighted by atomic mass is 10.0. The van der Waals surface area contributed by atoms with Crippen molar-refractivity contribution in [3.05, 3.63) is 63.6 Å². The van der Waals surface area contributed by atoms with E-state index in [1.165, 1.54) is 32.4 Å². The number of rotatable bonds is 10. The maximum Gasteiger partial charge on any atom is 0.238 e. The van der Waals surface area contributed by atoms with Gasteiger partial charge in [0.2, 0.25) is 21.7 Å². The summed E-state index contributed by atoms with van der Waals surface area (Å²) in [7, 11) is -0.899. The molecule has 2 aromatic carbocycles. The number of phenols is 1. The second-order valence-electron chi connectivity index (χ2n) is 6.82. The van der Waals surface area contributed by atoms with Gasteiger partial charge in [-0.3, -0.25) is 4.79 Å². The molecule has 170 valence electrons. The molecule has 0 saturated heterocycles. The zero-order valence-corrected chi connectivity index (χ0v) is 19.5. The number of hydrogen-bond acceptors (Lipinski definition) is 6. The van der Waals surface area contributed by atoms with Crippen LogP contribution in [0.15, 0.2) is 42.5 Å². The van der Waals surface area contributed by atoms with Gasteiger partial charge in [-0.2, -0.15) is 0 Å². The molecule has 0 bridgehead atoms. The highest BCUT2D eigenvalue weighted by atomic mass is 35.5. The van der Waals surface area contributed by atoms with E-state index in [1.54, 1.807) is 24.3 Å². The van der Waals surface area contributed by atoms with Crippen LogP contribution in [0, 0.1) is 0 Å². The van der Waals surface area contributed by atoms with E-state index in [-0.39, 0.29) is 23.7 Å². The minimum Gasteiger partial charge on any atom is -0.508 e. The van der Waals surface area contributed by atoms with Crippen molar-refractivity contribution in [2.45, 2.75) is 18.2 Å². The van der Waals surface area contributed by atoms with Gasteiger partial charge in [0.1, 0.15) is 11.8 Å². The Labute approximate surface area is 191 Å². The molecule has 0 aliphatic heterocycles. The number of phenolic OH excluding ortho intramolecular Hbond substituents is 1. The van der Waals surface area contributed by atoms with E-state index in [9.17, 15) is 18.3 Å². The summed E-state index contributed by atoms with van der Waals surface area (Å²) in [6, 6.07) is 9.74. The zero-order chi connectivity index (χ0) is 23.2. The molecular formula is C20H24Cl2N2O6S. The van der Waals surface area contributed by atoms with E-state index in [1.807, 2.05) is 0 Å². The smallest absolute Gasteiger partial charge is 0.238 e. The van der Waals surface area contributed by atoms with Crippen molar-refractivity contribution in [2.75, 3.05) is 27.0 Å². The monoisotopic (exact) mass is 490 g/mol. The first kappa shape index (κ1) is 25.4. The fourth-order valence-corrected chi connectivity index (χ4v) is 4.24. The van der Waals surface area contributed by atoms with Crippen LogP contribution in [0.5, 0.6) is 5.75 Å². The van der Waals surface area contributed by atoms with Gasteiger partial charge in [0, 0.05) is 24.8 Å². The number of carbonyl (C=O) groups is 1. The van der Waals surface area contributed by atoms with Gasteiger partial charge in [0.25, 0.3) is 0 Å². The van der Waals surface area contributed by atoms with Crippen molar-refractivity contribution >= 4 is 39.1 Å². The lowest BCUT2D eigenvalue weighted by Crippen LogP contribution is -2.51. The van der Waals surface area contributed by atoms with Gasteiger partial charge in [-0.1, -0.05) is 41.4 Å². The van der Waals surface area contributed by atoms with Gasteiger partial charge in [0.05, 0.1) is 17.8 Å². The second-order valence-corrected chi connectivity index (χ2v) is 9.44. The highest BCUT2D eigenvalue weighted by molar-refractivity contribution is 7.88. The van der Waals surface area contributed by atoms with E-state index in [2.05, 4.69) is 10.0 Å². The van der Waals surface area contributed by atoms with Crippen LogP contribution in [0.4, 0.5) is 0 Å². The standard InChI is InChI=1S/C20H24Cl2N2O6S/c1-29-20(30-2,16-9-6-14(21)11-17(16)22)12-23-19(26)18(24-31(3,27)28)10-13-4-7-15(25)8-5-13/h4-9,11,18,24-25H,10,12H2,1-3H3,(H,23,26). The minimum absolute atomic E-state index is 0.0608. The first-order valence-corrected chi connectivity index (χ1v) is 11.7. The third kappa shape index (κ3) is 7.06. The number of halogens is 2. The molecule has 31 heavy (non-hydrogen) atoms. The van der Waals surface area contributed by atoms with Gasteiger partial charge in [-0.15, -0.1) is 0 Å². The number of nitrogens with one attached hydrogen (secondary N) is 2. The Kier molecular flexibility index (Phi) is 8.70. The summed E-state index contributed by atoms with van der Waals surface area (Å²) < 4.78 is 37.0. The van der Waals surface area contributed by atoms with Crippen LogP contribution >= 0.6 is 23.2 Å². The highest BCUT2D eigenvalue weighted by Crippen LogP contribution is 2.33. The Morgan fingerprint density at radius 2 is 1.74 bits per heavy atom. The molecule has 3 N–H and O–H groups in total. The molecule has 2 aromatic rings. The number of carbonyl (C=O) groups excluding carboxylic acids is 1. The summed E-state index contributed by atoms with van der Waals surface area (Å²) >= 11 is 12.2. The first-order valence-electron chi connectivity index (χ1n) is 9.08. The Bertz CT molecular complexity index is 1010. The molecule has 0 aromatic heterocycles. The molecule has 11 heteroatoms. The molecule has 8 nitrogen and oxygen atoms in total. The van der Waals surface area contributed by atoms with Crippen molar-refractivity contribution in [2.24, 2.45) is 0 Å². The number of aromatic hydroxyl groups is 1. The van der Waals surface area contributed by atoms with E-state index >= 15 is 0 Å². The summed E-state index contributed by atoms with van der Waals surface area (Å²) in [5.74, 6) is -1.96. The summed E-state index contributed by atoms with van der Waals surface area (Å²) in [5.41, 5.74) is 1.09. The normalized spacial score (nSPS) is 13.1. The lowest BCUT2D eigenvalue weighted by Gasteiger charge is -2.32. The lowest BCUT2D eigenvalue weighted by molar-refractivity contribution is -0.212. The number of ether oxygens (including phenoxy) is 2. The predicted octanol–water partition coefficient (Wildman–Crippen LogP) is 2.42. The molecule has 0 spiro atoms. The molecule has 0 aliphatic rings. The van der Waals surface area contributed by atoms with Gasteiger partial charge in [-0.05, 0) is 36.2 Å². The summed E-state index contributed by atoms with van der Waals surface area (Å²) in [4.78, 5) is 12.9. The quantitative estimate of drug-likeness (QED) is 0.440. The van der Waals surface area contributed by atoms with E-state index in [0.717, 1.165) is 6.26 Å². The summed E-state index contributed by atoms with van der Waals surface area (Å²) in [5, 5.41) is 12.8. The zero-order valence-electron chi connectivity index (χ0n) is 17.2. The summed E-state index contributed by atoms with van der Waals surface area (Å²) in [6.07, 6.45) is 1.03. The Balaban J connectivity index is 2.24. The highest BCUT2D eigenvalue weighted by Gasteiger charge is 2.36. The Morgan fingerprint density at radius 3 is 2.26 bits per heavy atom. The third-order valence-corrected chi connectivity index (χ3v) is 5.81. The number of amides is 1. The molecule has 1 atom stereocenters. The largest absolute Gasteiger partial charge is 0.508 e. The maximum absolute atomic E-state index is 12.9. The van der Waals surface area contributed by atoms with Crippen molar-refractivity contribution < 1.29 is 27.8 Å². The van der Waals surface area contributed by atoms with Crippen molar-refractivity contribution in [3.8, 4) is 5.75 Å². The van der Waals surface area contributed by atoms with Crippen LogP contribution < -0.4 is 10.0 Å². The molecule has 0 fully saturated rings. The molecule has 0 heterocycles. The number of sulfonamides is 1. The van der Waals surface area contributed by atoms with E-state index < -0.39 is 27.8 Å². The van der Waals surface area contributed by atoms with Gasteiger partial charge >= 0.3 is 0 Å². The molecule has 0 saturated carbocycles. The number of methoxy groups -OCH3 is 2. The second kappa shape index (κ2) is 10.6. The van der Waals surface area contributed by atoms with Crippen LogP contribution in [0.25, 0.3) is 0 Å². The van der Waals surface area contributed by atoms with E-state index in [4.69, 9.17) is 32.7 Å². The molecule has 0 aliphatic carbocycles. The van der Waals surface area contributed by atoms with Gasteiger partial charge in [0.15, 0.2) is 0 Å². The molecule has 1 amide bonds. The van der Waals surface area contributed by atoms with Gasteiger partial charge < -0.3 is 19.9 Å². The fraction of sp³-hybridized carbons (Fsp3) is 0.350. The average molecular weight is 491 g/mol. The number of hydrogen-bond donors (Lipinski definition) is 3. The fourth-order valence-electron chi connectivity index (χ4n) is 2.98. The van der Waals surface area contributed by atoms with Crippen molar-refractivity contribution in [1.29, 1.82) is 0 Å². The van der Waals surface area contributed by atoms with Crippen molar-refractivity contribution in [3.63, 3.8) is 0 Å². The maximum atomic E-state index is 12.9. The van der Waals surface area contributed by atoms with Crippen LogP contribution in [0.3, 0.4) is 0 Å². The van der Waals surface area contributed by atoms with Crippen LogP contribution in [0.1, 0.15) is 11.1 Å². The van der Waals surface area contributed by atoms with Gasteiger partial charge in [-0.25, -0.2) is 13.1 Å². The SMILES string of the molecule is COC(CNC(=O)C(Cc1ccc(O)cc1)NS(C)(=O)=O)(OC)c1ccc(Cl)cc1Cl. The topological polar surface area (TPSA) is 114 Å². The predicted molar refractivity (Wildman–Crippen MR) is 119 cm³/mol. The first-order chi connectivity index (χ1) is 14.5. The molecule has 1 unspecified atom stereocenters. The van der Waals surface area contributed by atoms with Crippen molar-refractivity contribution in [1.82, 2.24) is 10.0 Å². The van der Waals surface area contributed by atoms with Crippen LogP contribution in [-0.4, -0.2) is 52.5 Å². The average Bonchev–Trinajstić information content (AvgIpc) is 2.70. The van der Waals surface area contributed by atoms with Crippen LogP contribution in [0.2, 0.25) is 10.0 Å². The Morgan fingerprint density at radius 1 is 1.13 bits per heavy atom. The Hall–Kier alpha value is -1.88. The molecule has 2 rings (SSSR count). The summed E-state index contributed by atoms with van der Waals surface area (Å²) in [6.45, 7) is -0.155.